The van der Waals surface area contributed by atoms with Gasteiger partial charge in [0.2, 0.25) is 0 Å². The number of imidazole rings is 1. The van der Waals surface area contributed by atoms with Crippen LogP contribution in [0.3, 0.4) is 0 Å². The Hall–Kier alpha value is -2.69. The maximum atomic E-state index is 13.1. The van der Waals surface area contributed by atoms with Crippen molar-refractivity contribution in [2.75, 3.05) is 13.1 Å². The molecule has 0 atom stereocenters. The fourth-order valence-electron chi connectivity index (χ4n) is 3.21. The molecular weight excluding hydrogens is 312 g/mol. The number of likely N-dealkylation sites (N-methyl/N-ethyl adjacent to an activating group) is 1. The van der Waals surface area contributed by atoms with Crippen LogP contribution < -0.4 is 0 Å². The fraction of sp³-hybridized carbons (Fsp3) is 0.350. The lowest BCUT2D eigenvalue weighted by molar-refractivity contribution is 0.0762. The van der Waals surface area contributed by atoms with Gasteiger partial charge in [-0.15, -0.1) is 0 Å². The molecule has 3 heterocycles. The van der Waals surface area contributed by atoms with E-state index in [4.69, 9.17) is 4.98 Å². The van der Waals surface area contributed by atoms with Gasteiger partial charge in [-0.05, 0) is 56.0 Å². The molecule has 1 amide bonds. The van der Waals surface area contributed by atoms with E-state index in [9.17, 15) is 4.79 Å². The standard InChI is InChI=1S/C20H22N4O/c1-2-23(14-10-15-8-11-21-12-9-15)20(25)18-17-5-3-4-13-24(17)19(22-18)16-6-7-16/h3-5,8-9,11-13,16H,2,6-7,10,14H2,1H3. The summed E-state index contributed by atoms with van der Waals surface area (Å²) in [5.74, 6) is 1.56. The zero-order chi connectivity index (χ0) is 17.2. The molecular formula is C20H22N4O. The number of hydrogen-bond donors (Lipinski definition) is 0. The van der Waals surface area contributed by atoms with Gasteiger partial charge in [0.25, 0.3) is 5.91 Å². The Labute approximate surface area is 147 Å². The average molecular weight is 334 g/mol. The van der Waals surface area contributed by atoms with Crippen LogP contribution in [0.25, 0.3) is 5.52 Å². The summed E-state index contributed by atoms with van der Waals surface area (Å²) >= 11 is 0. The molecule has 0 radical (unpaired) electrons. The second kappa shape index (κ2) is 6.67. The highest BCUT2D eigenvalue weighted by Crippen LogP contribution is 2.40. The largest absolute Gasteiger partial charge is 0.337 e. The number of rotatable bonds is 6. The molecule has 1 saturated carbocycles. The summed E-state index contributed by atoms with van der Waals surface area (Å²) in [6.07, 6.45) is 8.75. The lowest BCUT2D eigenvalue weighted by atomic mass is 10.2. The van der Waals surface area contributed by atoms with Crippen LogP contribution in [-0.2, 0) is 6.42 Å². The van der Waals surface area contributed by atoms with Gasteiger partial charge in [-0.1, -0.05) is 6.07 Å². The molecule has 0 aromatic carbocycles. The zero-order valence-electron chi connectivity index (χ0n) is 14.4. The average Bonchev–Trinajstić information content (AvgIpc) is 3.43. The highest BCUT2D eigenvalue weighted by atomic mass is 16.2. The van der Waals surface area contributed by atoms with E-state index >= 15 is 0 Å². The van der Waals surface area contributed by atoms with Crippen LogP contribution in [0.4, 0.5) is 0 Å². The van der Waals surface area contributed by atoms with Crippen molar-refractivity contribution in [1.82, 2.24) is 19.3 Å². The Morgan fingerprint density at radius 2 is 2.04 bits per heavy atom. The van der Waals surface area contributed by atoms with Crippen LogP contribution in [0, 0.1) is 0 Å². The first kappa shape index (κ1) is 15.8. The van der Waals surface area contributed by atoms with Gasteiger partial charge in [-0.3, -0.25) is 9.78 Å². The van der Waals surface area contributed by atoms with Crippen molar-refractivity contribution in [2.45, 2.75) is 32.1 Å². The molecule has 0 saturated heterocycles. The third-order valence-corrected chi connectivity index (χ3v) is 4.81. The molecule has 4 rings (SSSR count). The van der Waals surface area contributed by atoms with Crippen LogP contribution in [0.5, 0.6) is 0 Å². The van der Waals surface area contributed by atoms with E-state index in [1.54, 1.807) is 12.4 Å². The topological polar surface area (TPSA) is 50.5 Å². The monoisotopic (exact) mass is 334 g/mol. The van der Waals surface area contributed by atoms with E-state index in [0.717, 1.165) is 17.8 Å². The summed E-state index contributed by atoms with van der Waals surface area (Å²) < 4.78 is 2.08. The predicted octanol–water partition coefficient (Wildman–Crippen LogP) is 3.31. The number of carbonyl (C=O) groups is 1. The Kier molecular flexibility index (Phi) is 4.22. The third kappa shape index (κ3) is 3.14. The van der Waals surface area contributed by atoms with Crippen LogP contribution in [-0.4, -0.2) is 38.3 Å². The first-order chi connectivity index (χ1) is 12.3. The highest BCUT2D eigenvalue weighted by molar-refractivity contribution is 5.99. The summed E-state index contributed by atoms with van der Waals surface area (Å²) in [6.45, 7) is 3.38. The molecule has 128 valence electrons. The normalized spacial score (nSPS) is 14.0. The highest BCUT2D eigenvalue weighted by Gasteiger charge is 2.31. The van der Waals surface area contributed by atoms with Gasteiger partial charge in [-0.25, -0.2) is 4.98 Å². The van der Waals surface area contributed by atoms with Crippen molar-refractivity contribution in [3.8, 4) is 0 Å². The molecule has 1 fully saturated rings. The van der Waals surface area contributed by atoms with E-state index in [1.807, 2.05) is 48.4 Å². The second-order valence-electron chi connectivity index (χ2n) is 6.54. The van der Waals surface area contributed by atoms with Crippen molar-refractivity contribution in [3.63, 3.8) is 0 Å². The van der Waals surface area contributed by atoms with Gasteiger partial charge in [0.15, 0.2) is 5.69 Å². The number of fused-ring (bicyclic) bond motifs is 1. The van der Waals surface area contributed by atoms with Gasteiger partial charge in [0.05, 0.1) is 5.52 Å². The number of amides is 1. The summed E-state index contributed by atoms with van der Waals surface area (Å²) in [5.41, 5.74) is 2.69. The third-order valence-electron chi connectivity index (χ3n) is 4.81. The summed E-state index contributed by atoms with van der Waals surface area (Å²) in [4.78, 5) is 23.8. The van der Waals surface area contributed by atoms with Crippen molar-refractivity contribution in [1.29, 1.82) is 0 Å². The fourth-order valence-corrected chi connectivity index (χ4v) is 3.21. The summed E-state index contributed by atoms with van der Waals surface area (Å²) in [7, 11) is 0. The smallest absolute Gasteiger partial charge is 0.274 e. The molecule has 0 unspecified atom stereocenters. The van der Waals surface area contributed by atoms with E-state index in [1.165, 1.54) is 18.4 Å². The lowest BCUT2D eigenvalue weighted by Crippen LogP contribution is -2.33. The second-order valence-corrected chi connectivity index (χ2v) is 6.54. The summed E-state index contributed by atoms with van der Waals surface area (Å²) in [6, 6.07) is 9.95. The van der Waals surface area contributed by atoms with Crippen molar-refractivity contribution in [2.24, 2.45) is 0 Å². The van der Waals surface area contributed by atoms with E-state index in [-0.39, 0.29) is 5.91 Å². The van der Waals surface area contributed by atoms with Gasteiger partial charge in [0.1, 0.15) is 5.82 Å². The lowest BCUT2D eigenvalue weighted by Gasteiger charge is -2.20. The zero-order valence-corrected chi connectivity index (χ0v) is 14.4. The first-order valence-corrected chi connectivity index (χ1v) is 8.93. The molecule has 1 aliphatic rings. The van der Waals surface area contributed by atoms with Crippen LogP contribution >= 0.6 is 0 Å². The minimum absolute atomic E-state index is 0.0205. The quantitative estimate of drug-likeness (QED) is 0.695. The predicted molar refractivity (Wildman–Crippen MR) is 96.7 cm³/mol. The van der Waals surface area contributed by atoms with Crippen molar-refractivity contribution >= 4 is 11.4 Å². The Balaban J connectivity index is 1.59. The van der Waals surface area contributed by atoms with Gasteiger partial charge >= 0.3 is 0 Å². The Bertz CT molecular complexity index is 883. The first-order valence-electron chi connectivity index (χ1n) is 8.93. The number of carbonyl (C=O) groups excluding carboxylic acids is 1. The number of pyridine rings is 2. The number of nitrogens with zero attached hydrogens (tertiary/aromatic N) is 4. The molecule has 3 aromatic heterocycles. The number of aromatic nitrogens is 3. The van der Waals surface area contributed by atoms with Gasteiger partial charge in [0, 0.05) is 37.6 Å². The minimum atomic E-state index is 0.0205. The van der Waals surface area contributed by atoms with Crippen LogP contribution in [0.2, 0.25) is 0 Å². The molecule has 0 aliphatic heterocycles. The Morgan fingerprint density at radius 1 is 1.24 bits per heavy atom. The molecule has 3 aromatic rings. The van der Waals surface area contributed by atoms with E-state index in [2.05, 4.69) is 9.38 Å². The molecule has 0 spiro atoms. The SMILES string of the molecule is CCN(CCc1ccncc1)C(=O)c1nc(C2CC2)n2ccccc12. The van der Waals surface area contributed by atoms with E-state index < -0.39 is 0 Å². The maximum absolute atomic E-state index is 13.1. The maximum Gasteiger partial charge on any atom is 0.274 e. The molecule has 0 N–H and O–H groups in total. The molecule has 5 nitrogen and oxygen atoms in total. The summed E-state index contributed by atoms with van der Waals surface area (Å²) in [5, 5.41) is 0. The van der Waals surface area contributed by atoms with E-state index in [0.29, 0.717) is 24.7 Å². The van der Waals surface area contributed by atoms with Gasteiger partial charge in [-0.2, -0.15) is 0 Å². The Morgan fingerprint density at radius 3 is 2.76 bits per heavy atom. The van der Waals surface area contributed by atoms with Crippen molar-refractivity contribution < 1.29 is 4.79 Å². The van der Waals surface area contributed by atoms with Crippen molar-refractivity contribution in [3.05, 3.63) is 66.0 Å². The molecule has 25 heavy (non-hydrogen) atoms. The van der Waals surface area contributed by atoms with Crippen LogP contribution in [0.1, 0.15) is 47.6 Å². The van der Waals surface area contributed by atoms with Gasteiger partial charge < -0.3 is 9.30 Å². The van der Waals surface area contributed by atoms with Crippen LogP contribution in [0.15, 0.2) is 48.9 Å². The minimum Gasteiger partial charge on any atom is -0.337 e. The molecule has 0 bridgehead atoms. The molecule has 5 heteroatoms. The number of hydrogen-bond acceptors (Lipinski definition) is 3. The molecule has 1 aliphatic carbocycles.